The Morgan fingerprint density at radius 3 is 2.60 bits per heavy atom. The second-order valence-corrected chi connectivity index (χ2v) is 6.60. The quantitative estimate of drug-likeness (QED) is 0.633. The molecule has 6 nitrogen and oxygen atoms in total. The van der Waals surface area contributed by atoms with Crippen molar-refractivity contribution in [2.45, 2.75) is 39.5 Å². The molecule has 7 heteroatoms. The van der Waals surface area contributed by atoms with Crippen LogP contribution in [0.25, 0.3) is 10.2 Å². The second-order valence-electron chi connectivity index (χ2n) is 5.57. The van der Waals surface area contributed by atoms with E-state index >= 15 is 0 Å². The van der Waals surface area contributed by atoms with E-state index in [1.807, 2.05) is 13.8 Å². The number of rotatable bonds is 4. The van der Waals surface area contributed by atoms with Gasteiger partial charge in [-0.2, -0.15) is 5.10 Å². The normalized spacial score (nSPS) is 13.9. The molecule has 0 aromatic carbocycles. The fraction of sp³-hybridized carbons (Fsp3) is 0.538. The van der Waals surface area contributed by atoms with Gasteiger partial charge < -0.3 is 15.9 Å². The third-order valence-corrected chi connectivity index (χ3v) is 4.28. The average Bonchev–Trinajstić information content (AvgIpc) is 2.68. The van der Waals surface area contributed by atoms with Gasteiger partial charge in [-0.25, -0.2) is 0 Å². The summed E-state index contributed by atoms with van der Waals surface area (Å²) in [6.45, 7) is 7.41. The highest BCUT2D eigenvalue weighted by Gasteiger charge is 2.22. The Morgan fingerprint density at radius 1 is 1.35 bits per heavy atom. The molecule has 2 heterocycles. The molecule has 2 rings (SSSR count). The van der Waals surface area contributed by atoms with Gasteiger partial charge in [0.1, 0.15) is 11.1 Å². The van der Waals surface area contributed by atoms with Crippen LogP contribution < -0.4 is 11.1 Å². The van der Waals surface area contributed by atoms with Crippen LogP contribution in [0.4, 0.5) is 5.69 Å². The number of aryl methyl sites for hydroxylation is 2. The summed E-state index contributed by atoms with van der Waals surface area (Å²) in [6.07, 6.45) is -0.930. The first-order valence-corrected chi connectivity index (χ1v) is 7.18. The van der Waals surface area contributed by atoms with Gasteiger partial charge in [-0.05, 0) is 33.3 Å². The smallest absolute Gasteiger partial charge is 0.148 e. The first-order valence-electron chi connectivity index (χ1n) is 6.36. The molecule has 0 fully saturated rings. The highest BCUT2D eigenvalue weighted by atomic mass is 32.1. The summed E-state index contributed by atoms with van der Waals surface area (Å²) >= 11 is 1.31. The molecular weight excluding hydrogens is 276 g/mol. The number of anilines is 1. The lowest BCUT2D eigenvalue weighted by molar-refractivity contribution is 0.0507. The van der Waals surface area contributed by atoms with Crippen LogP contribution in [-0.4, -0.2) is 32.6 Å². The summed E-state index contributed by atoms with van der Waals surface area (Å²) in [5, 5.41) is 31.8. The van der Waals surface area contributed by atoms with Crippen LogP contribution in [0.15, 0.2) is 0 Å². The van der Waals surface area contributed by atoms with Gasteiger partial charge in [0.25, 0.3) is 0 Å². The Hall–Kier alpha value is -1.28. The van der Waals surface area contributed by atoms with Crippen molar-refractivity contribution < 1.29 is 10.2 Å². The number of aromatic nitrogens is 2. The third-order valence-electron chi connectivity index (χ3n) is 3.14. The van der Waals surface area contributed by atoms with E-state index < -0.39 is 11.8 Å². The number of aliphatic hydroxyl groups is 2. The Morgan fingerprint density at radius 2 is 2.00 bits per heavy atom. The zero-order valence-electron chi connectivity index (χ0n) is 12.1. The van der Waals surface area contributed by atoms with E-state index in [-0.39, 0.29) is 6.54 Å². The average molecular weight is 296 g/mol. The van der Waals surface area contributed by atoms with E-state index in [4.69, 9.17) is 5.73 Å². The highest BCUT2D eigenvalue weighted by molar-refractivity contribution is 7.19. The van der Waals surface area contributed by atoms with Crippen LogP contribution in [0.3, 0.4) is 0 Å². The van der Waals surface area contributed by atoms with Crippen molar-refractivity contribution in [2.24, 2.45) is 0 Å². The molecule has 5 N–H and O–H groups in total. The molecule has 2 aromatic heterocycles. The predicted molar refractivity (Wildman–Crippen MR) is 80.6 cm³/mol. The standard InChI is InChI=1S/C13H20N4O2S/c1-6-7(2)16-17-12-8(6)9(14)10(20-12)11(18)15-5-13(3,4)19/h11,15,18-19H,5,14H2,1-4H3. The van der Waals surface area contributed by atoms with Crippen LogP contribution in [0.2, 0.25) is 0 Å². The summed E-state index contributed by atoms with van der Waals surface area (Å²) in [6, 6.07) is 0. The lowest BCUT2D eigenvalue weighted by Gasteiger charge is -2.20. The Kier molecular flexibility index (Phi) is 3.97. The molecule has 1 unspecified atom stereocenters. The minimum Gasteiger partial charge on any atom is -0.397 e. The number of aliphatic hydroxyl groups excluding tert-OH is 1. The number of nitrogens with zero attached hydrogens (tertiary/aromatic N) is 2. The van der Waals surface area contributed by atoms with Crippen molar-refractivity contribution in [3.8, 4) is 0 Å². The minimum absolute atomic E-state index is 0.255. The van der Waals surface area contributed by atoms with Crippen LogP contribution in [0.1, 0.15) is 36.2 Å². The van der Waals surface area contributed by atoms with Crippen molar-refractivity contribution in [1.82, 2.24) is 15.5 Å². The Labute approximate surface area is 121 Å². The lowest BCUT2D eigenvalue weighted by atomic mass is 10.1. The number of hydrogen-bond donors (Lipinski definition) is 4. The fourth-order valence-electron chi connectivity index (χ4n) is 1.90. The largest absolute Gasteiger partial charge is 0.397 e. The van der Waals surface area contributed by atoms with Gasteiger partial charge in [0, 0.05) is 11.9 Å². The summed E-state index contributed by atoms with van der Waals surface area (Å²) in [7, 11) is 0. The van der Waals surface area contributed by atoms with Crippen molar-refractivity contribution in [3.63, 3.8) is 0 Å². The zero-order valence-corrected chi connectivity index (χ0v) is 12.9. The molecule has 0 aliphatic carbocycles. The van der Waals surface area contributed by atoms with Crippen LogP contribution in [-0.2, 0) is 0 Å². The van der Waals surface area contributed by atoms with E-state index in [1.54, 1.807) is 13.8 Å². The van der Waals surface area contributed by atoms with Gasteiger partial charge in [0.15, 0.2) is 0 Å². The molecule has 0 aliphatic rings. The zero-order chi connectivity index (χ0) is 15.1. The number of thiophene rings is 1. The summed E-state index contributed by atoms with van der Waals surface area (Å²) in [5.74, 6) is 0. The SMILES string of the molecule is Cc1nnc2sc(C(O)NCC(C)(C)O)c(N)c2c1C. The molecule has 20 heavy (non-hydrogen) atoms. The van der Waals surface area contributed by atoms with E-state index in [1.165, 1.54) is 11.3 Å². The Balaban J connectivity index is 2.36. The van der Waals surface area contributed by atoms with Gasteiger partial charge in [-0.15, -0.1) is 16.4 Å². The molecule has 0 saturated heterocycles. The van der Waals surface area contributed by atoms with Gasteiger partial charge in [-0.1, -0.05) is 0 Å². The number of nitrogens with two attached hydrogens (primary N) is 1. The molecule has 0 amide bonds. The predicted octanol–water partition coefficient (Wildman–Crippen LogP) is 1.24. The van der Waals surface area contributed by atoms with E-state index in [2.05, 4.69) is 15.5 Å². The molecule has 0 aliphatic heterocycles. The van der Waals surface area contributed by atoms with Crippen LogP contribution >= 0.6 is 11.3 Å². The molecular formula is C13H20N4O2S. The Bertz CT molecular complexity index is 633. The van der Waals surface area contributed by atoms with Crippen molar-refractivity contribution in [1.29, 1.82) is 0 Å². The van der Waals surface area contributed by atoms with Gasteiger partial charge >= 0.3 is 0 Å². The first kappa shape index (κ1) is 15.1. The fourth-order valence-corrected chi connectivity index (χ4v) is 2.96. The molecule has 0 spiro atoms. The summed E-state index contributed by atoms with van der Waals surface area (Å²) in [5.41, 5.74) is 7.55. The van der Waals surface area contributed by atoms with Gasteiger partial charge in [-0.3, -0.25) is 5.32 Å². The van der Waals surface area contributed by atoms with Crippen LogP contribution in [0.5, 0.6) is 0 Å². The number of hydrogen-bond acceptors (Lipinski definition) is 7. The van der Waals surface area contributed by atoms with Crippen molar-refractivity contribution in [2.75, 3.05) is 12.3 Å². The molecule has 0 saturated carbocycles. The van der Waals surface area contributed by atoms with Crippen molar-refractivity contribution >= 4 is 27.2 Å². The lowest BCUT2D eigenvalue weighted by Crippen LogP contribution is -2.36. The highest BCUT2D eigenvalue weighted by Crippen LogP contribution is 2.37. The molecule has 2 aromatic rings. The van der Waals surface area contributed by atoms with E-state index in [0.29, 0.717) is 15.4 Å². The number of fused-ring (bicyclic) bond motifs is 1. The maximum atomic E-state index is 10.2. The summed E-state index contributed by atoms with van der Waals surface area (Å²) in [4.78, 5) is 1.32. The summed E-state index contributed by atoms with van der Waals surface area (Å²) < 4.78 is 0. The second kappa shape index (κ2) is 5.25. The number of nitrogens with one attached hydrogen (secondary N) is 1. The first-order chi connectivity index (χ1) is 9.20. The maximum absolute atomic E-state index is 10.2. The third kappa shape index (κ3) is 2.90. The molecule has 110 valence electrons. The number of nitrogen functional groups attached to an aromatic ring is 1. The minimum atomic E-state index is -0.930. The van der Waals surface area contributed by atoms with E-state index in [0.717, 1.165) is 16.6 Å². The maximum Gasteiger partial charge on any atom is 0.148 e. The van der Waals surface area contributed by atoms with Gasteiger partial charge in [0.05, 0.1) is 21.9 Å². The van der Waals surface area contributed by atoms with Crippen LogP contribution in [0, 0.1) is 13.8 Å². The monoisotopic (exact) mass is 296 g/mol. The van der Waals surface area contributed by atoms with Gasteiger partial charge in [0.2, 0.25) is 0 Å². The molecule has 0 radical (unpaired) electrons. The topological polar surface area (TPSA) is 104 Å². The molecule has 0 bridgehead atoms. The van der Waals surface area contributed by atoms with Crippen molar-refractivity contribution in [3.05, 3.63) is 16.1 Å². The van der Waals surface area contributed by atoms with E-state index in [9.17, 15) is 10.2 Å². The molecule has 1 atom stereocenters.